The van der Waals surface area contributed by atoms with Crippen molar-refractivity contribution in [3.63, 3.8) is 0 Å². The number of hydrogen-bond donors (Lipinski definition) is 0. The molecular formula is C14H22S. The summed E-state index contributed by atoms with van der Waals surface area (Å²) in [6.45, 7) is 9.14. The van der Waals surface area contributed by atoms with Crippen molar-refractivity contribution in [1.82, 2.24) is 0 Å². The van der Waals surface area contributed by atoms with Crippen LogP contribution in [0.2, 0.25) is 0 Å². The molecule has 0 heterocycles. The Hall–Kier alpha value is -0.430. The van der Waals surface area contributed by atoms with Crippen LogP contribution >= 0.6 is 11.8 Å². The zero-order chi connectivity index (χ0) is 11.5. The van der Waals surface area contributed by atoms with Crippen LogP contribution in [0.3, 0.4) is 0 Å². The fraction of sp³-hybridized carbons (Fsp3) is 0.571. The van der Waals surface area contributed by atoms with Crippen LogP contribution in [-0.4, -0.2) is 6.26 Å². The lowest BCUT2D eigenvalue weighted by Gasteiger charge is -2.21. The molecule has 0 aliphatic carbocycles. The van der Waals surface area contributed by atoms with Gasteiger partial charge in [-0.3, -0.25) is 0 Å². The standard InChI is InChI=1S/C14H22S/c1-6-11-8-7-9-12(13(11)15-5)10-14(2,3)4/h7-9H,6,10H2,1-5H3. The van der Waals surface area contributed by atoms with E-state index in [-0.39, 0.29) is 0 Å². The number of aryl methyl sites for hydroxylation is 1. The molecule has 0 aliphatic rings. The Morgan fingerprint density at radius 1 is 1.13 bits per heavy atom. The van der Waals surface area contributed by atoms with Crippen molar-refractivity contribution < 1.29 is 0 Å². The lowest BCUT2D eigenvalue weighted by atomic mass is 9.87. The van der Waals surface area contributed by atoms with Gasteiger partial charge in [0.05, 0.1) is 0 Å². The SMILES string of the molecule is CCc1cccc(CC(C)(C)C)c1SC. The predicted molar refractivity (Wildman–Crippen MR) is 70.8 cm³/mol. The summed E-state index contributed by atoms with van der Waals surface area (Å²) in [6, 6.07) is 6.72. The Bertz CT molecular complexity index is 321. The molecule has 15 heavy (non-hydrogen) atoms. The van der Waals surface area contributed by atoms with E-state index in [0.717, 1.165) is 12.8 Å². The molecule has 0 atom stereocenters. The average Bonchev–Trinajstić information content (AvgIpc) is 2.15. The molecule has 0 amide bonds. The summed E-state index contributed by atoms with van der Waals surface area (Å²) in [4.78, 5) is 1.50. The van der Waals surface area contributed by atoms with Crippen LogP contribution in [0.4, 0.5) is 0 Å². The first-order valence-corrected chi connectivity index (χ1v) is 6.85. The molecule has 0 aromatic heterocycles. The summed E-state index contributed by atoms with van der Waals surface area (Å²) in [5.41, 5.74) is 3.37. The third-order valence-corrected chi connectivity index (χ3v) is 3.42. The van der Waals surface area contributed by atoms with E-state index >= 15 is 0 Å². The van der Waals surface area contributed by atoms with Gasteiger partial charge in [0.2, 0.25) is 0 Å². The smallest absolute Gasteiger partial charge is 0.0133 e. The zero-order valence-electron chi connectivity index (χ0n) is 10.6. The van der Waals surface area contributed by atoms with Crippen LogP contribution in [0.25, 0.3) is 0 Å². The van der Waals surface area contributed by atoms with Crippen molar-refractivity contribution in [2.75, 3.05) is 6.26 Å². The van der Waals surface area contributed by atoms with Gasteiger partial charge in [0, 0.05) is 4.90 Å². The van der Waals surface area contributed by atoms with E-state index in [1.807, 2.05) is 11.8 Å². The highest BCUT2D eigenvalue weighted by molar-refractivity contribution is 7.98. The molecule has 0 spiro atoms. The topological polar surface area (TPSA) is 0 Å². The quantitative estimate of drug-likeness (QED) is 0.676. The largest absolute Gasteiger partial charge is 0.129 e. The lowest BCUT2D eigenvalue weighted by molar-refractivity contribution is 0.408. The molecule has 0 saturated heterocycles. The fourth-order valence-electron chi connectivity index (χ4n) is 1.89. The van der Waals surface area contributed by atoms with Crippen molar-refractivity contribution in [2.24, 2.45) is 5.41 Å². The van der Waals surface area contributed by atoms with Gasteiger partial charge in [0.1, 0.15) is 0 Å². The van der Waals surface area contributed by atoms with Crippen molar-refractivity contribution in [1.29, 1.82) is 0 Å². The van der Waals surface area contributed by atoms with Crippen LogP contribution in [0.1, 0.15) is 38.8 Å². The molecule has 0 nitrogen and oxygen atoms in total. The molecule has 0 N–H and O–H groups in total. The molecule has 1 heteroatoms. The summed E-state index contributed by atoms with van der Waals surface area (Å²) >= 11 is 1.89. The van der Waals surface area contributed by atoms with Gasteiger partial charge < -0.3 is 0 Å². The van der Waals surface area contributed by atoms with E-state index in [1.165, 1.54) is 16.0 Å². The summed E-state index contributed by atoms with van der Waals surface area (Å²) in [5.74, 6) is 0. The zero-order valence-corrected chi connectivity index (χ0v) is 11.4. The van der Waals surface area contributed by atoms with Crippen molar-refractivity contribution in [3.8, 4) is 0 Å². The summed E-state index contributed by atoms with van der Waals surface area (Å²) in [7, 11) is 0. The maximum absolute atomic E-state index is 2.30. The Morgan fingerprint density at radius 3 is 2.20 bits per heavy atom. The number of benzene rings is 1. The minimum atomic E-state index is 0.372. The van der Waals surface area contributed by atoms with Gasteiger partial charge in [-0.1, -0.05) is 45.9 Å². The molecule has 0 fully saturated rings. The number of hydrogen-bond acceptors (Lipinski definition) is 1. The molecule has 84 valence electrons. The number of thioether (sulfide) groups is 1. The van der Waals surface area contributed by atoms with Gasteiger partial charge in [-0.25, -0.2) is 0 Å². The van der Waals surface area contributed by atoms with E-state index in [9.17, 15) is 0 Å². The molecular weight excluding hydrogens is 200 g/mol. The Labute approximate surface area is 98.5 Å². The third-order valence-electron chi connectivity index (χ3n) is 2.48. The molecule has 0 radical (unpaired) electrons. The maximum Gasteiger partial charge on any atom is 0.0133 e. The van der Waals surface area contributed by atoms with Gasteiger partial charge in [-0.2, -0.15) is 0 Å². The van der Waals surface area contributed by atoms with Crippen LogP contribution in [-0.2, 0) is 12.8 Å². The highest BCUT2D eigenvalue weighted by atomic mass is 32.2. The van der Waals surface area contributed by atoms with Crippen molar-refractivity contribution >= 4 is 11.8 Å². The molecule has 0 unspecified atom stereocenters. The predicted octanol–water partition coefficient (Wildman–Crippen LogP) is 4.56. The van der Waals surface area contributed by atoms with Crippen molar-refractivity contribution in [2.45, 2.75) is 45.4 Å². The van der Waals surface area contributed by atoms with Gasteiger partial charge in [0.25, 0.3) is 0 Å². The van der Waals surface area contributed by atoms with Gasteiger partial charge in [-0.15, -0.1) is 11.8 Å². The minimum absolute atomic E-state index is 0.372. The van der Waals surface area contributed by atoms with E-state index in [1.54, 1.807) is 0 Å². The molecule has 1 aromatic rings. The third kappa shape index (κ3) is 3.57. The molecule has 1 aromatic carbocycles. The first-order chi connectivity index (χ1) is 6.98. The van der Waals surface area contributed by atoms with Crippen LogP contribution in [0.5, 0.6) is 0 Å². The summed E-state index contributed by atoms with van der Waals surface area (Å²) in [6.07, 6.45) is 4.48. The Kier molecular flexibility index (Phi) is 4.27. The monoisotopic (exact) mass is 222 g/mol. The fourth-order valence-corrected chi connectivity index (χ4v) is 2.77. The van der Waals surface area contributed by atoms with Crippen LogP contribution in [0, 0.1) is 5.41 Å². The highest BCUT2D eigenvalue weighted by Crippen LogP contribution is 2.30. The summed E-state index contributed by atoms with van der Waals surface area (Å²) in [5, 5.41) is 0. The lowest BCUT2D eigenvalue weighted by Crippen LogP contribution is -2.10. The first kappa shape index (κ1) is 12.6. The average molecular weight is 222 g/mol. The second-order valence-electron chi connectivity index (χ2n) is 5.20. The second kappa shape index (κ2) is 5.07. The summed E-state index contributed by atoms with van der Waals surface area (Å²) < 4.78 is 0. The molecule has 1 rings (SSSR count). The Balaban J connectivity index is 3.06. The minimum Gasteiger partial charge on any atom is -0.129 e. The normalized spacial score (nSPS) is 11.8. The number of rotatable bonds is 3. The van der Waals surface area contributed by atoms with Crippen LogP contribution < -0.4 is 0 Å². The van der Waals surface area contributed by atoms with Gasteiger partial charge >= 0.3 is 0 Å². The van der Waals surface area contributed by atoms with Crippen molar-refractivity contribution in [3.05, 3.63) is 29.3 Å². The van der Waals surface area contributed by atoms with E-state index in [4.69, 9.17) is 0 Å². The molecule has 0 aliphatic heterocycles. The molecule has 0 bridgehead atoms. The van der Waals surface area contributed by atoms with E-state index < -0.39 is 0 Å². The van der Waals surface area contributed by atoms with E-state index in [2.05, 4.69) is 52.1 Å². The second-order valence-corrected chi connectivity index (χ2v) is 6.02. The maximum atomic E-state index is 2.30. The Morgan fingerprint density at radius 2 is 1.73 bits per heavy atom. The van der Waals surface area contributed by atoms with Gasteiger partial charge in [-0.05, 0) is 35.6 Å². The first-order valence-electron chi connectivity index (χ1n) is 5.62. The van der Waals surface area contributed by atoms with E-state index in [0.29, 0.717) is 5.41 Å². The highest BCUT2D eigenvalue weighted by Gasteiger charge is 2.15. The van der Waals surface area contributed by atoms with Crippen LogP contribution in [0.15, 0.2) is 23.1 Å². The van der Waals surface area contributed by atoms with Gasteiger partial charge in [0.15, 0.2) is 0 Å². The molecule has 0 saturated carbocycles.